The molecule has 0 aliphatic heterocycles. The standard InChI is InChI=1S/C16H20ClN5O3S/c1-4-22-10-18-20-16(22)26-9-15(24)21(2)8-14(23)19-12-7-11(17)5-6-13(12)25-3/h5-7,10H,4,8-9H2,1-3H3,(H,19,23). The fourth-order valence-corrected chi connectivity index (χ4v) is 3.17. The maximum atomic E-state index is 12.2. The van der Waals surface area contributed by atoms with E-state index in [1.807, 2.05) is 11.5 Å². The van der Waals surface area contributed by atoms with Crippen molar-refractivity contribution in [3.8, 4) is 5.75 Å². The number of benzene rings is 1. The lowest BCUT2D eigenvalue weighted by molar-refractivity contribution is -0.131. The summed E-state index contributed by atoms with van der Waals surface area (Å²) in [6.45, 7) is 2.61. The molecule has 8 nitrogen and oxygen atoms in total. The summed E-state index contributed by atoms with van der Waals surface area (Å²) in [5, 5.41) is 11.6. The van der Waals surface area contributed by atoms with Gasteiger partial charge in [0.05, 0.1) is 25.1 Å². The molecule has 1 aromatic carbocycles. The topological polar surface area (TPSA) is 89.4 Å². The highest BCUT2D eigenvalue weighted by molar-refractivity contribution is 7.99. The van der Waals surface area contributed by atoms with E-state index in [2.05, 4.69) is 15.5 Å². The zero-order chi connectivity index (χ0) is 19.1. The number of thioether (sulfide) groups is 1. The molecule has 0 radical (unpaired) electrons. The Morgan fingerprint density at radius 2 is 2.19 bits per heavy atom. The van der Waals surface area contributed by atoms with Gasteiger partial charge in [-0.1, -0.05) is 23.4 Å². The second-order valence-electron chi connectivity index (χ2n) is 5.33. The number of methoxy groups -OCH3 is 1. The fraction of sp³-hybridized carbons (Fsp3) is 0.375. The first-order valence-corrected chi connectivity index (χ1v) is 9.19. The number of amides is 2. The molecule has 1 heterocycles. The maximum absolute atomic E-state index is 12.2. The smallest absolute Gasteiger partial charge is 0.244 e. The molecule has 140 valence electrons. The van der Waals surface area contributed by atoms with Crippen molar-refractivity contribution in [2.75, 3.05) is 31.8 Å². The van der Waals surface area contributed by atoms with Crippen LogP contribution in [0.4, 0.5) is 5.69 Å². The molecule has 1 aromatic heterocycles. The molecule has 2 amide bonds. The van der Waals surface area contributed by atoms with Crippen LogP contribution in [0.5, 0.6) is 5.75 Å². The minimum atomic E-state index is -0.344. The number of likely N-dealkylation sites (N-methyl/N-ethyl adjacent to an activating group) is 1. The highest BCUT2D eigenvalue weighted by Gasteiger charge is 2.16. The lowest BCUT2D eigenvalue weighted by Crippen LogP contribution is -2.36. The van der Waals surface area contributed by atoms with Crippen LogP contribution >= 0.6 is 23.4 Å². The number of rotatable bonds is 8. The molecule has 0 saturated carbocycles. The summed E-state index contributed by atoms with van der Waals surface area (Å²) in [6, 6.07) is 4.92. The van der Waals surface area contributed by atoms with Crippen molar-refractivity contribution >= 4 is 40.9 Å². The van der Waals surface area contributed by atoms with E-state index in [1.165, 1.54) is 23.8 Å². The van der Waals surface area contributed by atoms with E-state index in [4.69, 9.17) is 16.3 Å². The van der Waals surface area contributed by atoms with Crippen LogP contribution in [-0.2, 0) is 16.1 Å². The van der Waals surface area contributed by atoms with E-state index >= 15 is 0 Å². The van der Waals surface area contributed by atoms with Gasteiger partial charge in [-0.15, -0.1) is 10.2 Å². The van der Waals surface area contributed by atoms with Gasteiger partial charge in [0.2, 0.25) is 11.8 Å². The predicted molar refractivity (Wildman–Crippen MR) is 101 cm³/mol. The van der Waals surface area contributed by atoms with Gasteiger partial charge in [0, 0.05) is 18.6 Å². The van der Waals surface area contributed by atoms with Crippen LogP contribution in [0.15, 0.2) is 29.7 Å². The molecule has 0 unspecified atom stereocenters. The lowest BCUT2D eigenvalue weighted by Gasteiger charge is -2.17. The lowest BCUT2D eigenvalue weighted by atomic mass is 10.3. The molecule has 2 aromatic rings. The first kappa shape index (κ1) is 20.1. The van der Waals surface area contributed by atoms with E-state index in [1.54, 1.807) is 31.6 Å². The minimum absolute atomic E-state index is 0.0878. The Morgan fingerprint density at radius 3 is 2.88 bits per heavy atom. The molecule has 10 heteroatoms. The van der Waals surface area contributed by atoms with Crippen molar-refractivity contribution < 1.29 is 14.3 Å². The normalized spacial score (nSPS) is 10.5. The number of carbonyl (C=O) groups is 2. The molecular formula is C16H20ClN5O3S. The minimum Gasteiger partial charge on any atom is -0.495 e. The van der Waals surface area contributed by atoms with Crippen molar-refractivity contribution in [2.24, 2.45) is 0 Å². The Hall–Kier alpha value is -2.26. The zero-order valence-corrected chi connectivity index (χ0v) is 16.3. The molecule has 0 aliphatic rings. The average molecular weight is 398 g/mol. The number of hydrogen-bond donors (Lipinski definition) is 1. The molecule has 0 fully saturated rings. The first-order valence-electron chi connectivity index (χ1n) is 7.82. The maximum Gasteiger partial charge on any atom is 0.244 e. The van der Waals surface area contributed by atoms with Crippen LogP contribution in [0, 0.1) is 0 Å². The molecule has 0 atom stereocenters. The molecule has 2 rings (SSSR count). The van der Waals surface area contributed by atoms with Crippen LogP contribution in [0.25, 0.3) is 0 Å². The zero-order valence-electron chi connectivity index (χ0n) is 14.7. The van der Waals surface area contributed by atoms with Gasteiger partial charge in [-0.2, -0.15) is 0 Å². The Morgan fingerprint density at radius 1 is 1.42 bits per heavy atom. The second-order valence-corrected chi connectivity index (χ2v) is 6.71. The van der Waals surface area contributed by atoms with Crippen LogP contribution in [0.2, 0.25) is 5.02 Å². The summed E-state index contributed by atoms with van der Waals surface area (Å²) in [4.78, 5) is 25.8. The van der Waals surface area contributed by atoms with Crippen molar-refractivity contribution in [2.45, 2.75) is 18.6 Å². The largest absolute Gasteiger partial charge is 0.495 e. The van der Waals surface area contributed by atoms with E-state index in [0.29, 0.717) is 21.6 Å². The van der Waals surface area contributed by atoms with Crippen molar-refractivity contribution in [3.05, 3.63) is 29.5 Å². The molecule has 0 bridgehead atoms. The second kappa shape index (κ2) is 9.44. The molecule has 1 N–H and O–H groups in total. The van der Waals surface area contributed by atoms with Crippen LogP contribution in [0.3, 0.4) is 0 Å². The van der Waals surface area contributed by atoms with Crippen molar-refractivity contribution in [1.29, 1.82) is 0 Å². The number of aryl methyl sites for hydroxylation is 1. The Kier molecular flexibility index (Phi) is 7.28. The number of carbonyl (C=O) groups excluding carboxylic acids is 2. The highest BCUT2D eigenvalue weighted by Crippen LogP contribution is 2.27. The number of nitrogens with one attached hydrogen (secondary N) is 1. The summed E-state index contributed by atoms with van der Waals surface area (Å²) in [5.41, 5.74) is 0.455. The third-order valence-electron chi connectivity index (χ3n) is 3.49. The molecule has 0 spiro atoms. The monoisotopic (exact) mass is 397 g/mol. The van der Waals surface area contributed by atoms with E-state index in [-0.39, 0.29) is 24.1 Å². The number of aromatic nitrogens is 3. The van der Waals surface area contributed by atoms with Crippen LogP contribution in [-0.4, -0.2) is 57.9 Å². The summed E-state index contributed by atoms with van der Waals surface area (Å²) in [5.74, 6) is 0.131. The van der Waals surface area contributed by atoms with Gasteiger partial charge >= 0.3 is 0 Å². The summed E-state index contributed by atoms with van der Waals surface area (Å²) in [7, 11) is 3.07. The van der Waals surface area contributed by atoms with Crippen molar-refractivity contribution in [1.82, 2.24) is 19.7 Å². The SMILES string of the molecule is CCn1cnnc1SCC(=O)N(C)CC(=O)Nc1cc(Cl)ccc1OC. The number of anilines is 1. The van der Waals surface area contributed by atoms with Gasteiger partial charge < -0.3 is 19.5 Å². The Labute approximate surface area is 160 Å². The molecule has 26 heavy (non-hydrogen) atoms. The Balaban J connectivity index is 1.88. The predicted octanol–water partition coefficient (Wildman–Crippen LogP) is 2.15. The number of halogens is 1. The Bertz CT molecular complexity index is 783. The third-order valence-corrected chi connectivity index (χ3v) is 4.69. The van der Waals surface area contributed by atoms with Gasteiger partial charge in [0.1, 0.15) is 12.1 Å². The average Bonchev–Trinajstić information content (AvgIpc) is 3.07. The van der Waals surface area contributed by atoms with E-state index in [9.17, 15) is 9.59 Å². The van der Waals surface area contributed by atoms with Crippen LogP contribution in [0.1, 0.15) is 6.92 Å². The highest BCUT2D eigenvalue weighted by atomic mass is 35.5. The molecule has 0 aliphatic carbocycles. The van der Waals surface area contributed by atoms with Crippen LogP contribution < -0.4 is 10.1 Å². The first-order chi connectivity index (χ1) is 12.4. The van der Waals surface area contributed by atoms with Gasteiger partial charge in [-0.3, -0.25) is 9.59 Å². The van der Waals surface area contributed by atoms with Gasteiger partial charge in [0.15, 0.2) is 5.16 Å². The van der Waals surface area contributed by atoms with Crippen molar-refractivity contribution in [3.63, 3.8) is 0 Å². The quantitative estimate of drug-likeness (QED) is 0.686. The van der Waals surface area contributed by atoms with Gasteiger partial charge in [-0.25, -0.2) is 0 Å². The van der Waals surface area contributed by atoms with E-state index < -0.39 is 0 Å². The van der Waals surface area contributed by atoms with Gasteiger partial charge in [-0.05, 0) is 25.1 Å². The number of hydrogen-bond acceptors (Lipinski definition) is 6. The van der Waals surface area contributed by atoms with E-state index in [0.717, 1.165) is 6.54 Å². The number of ether oxygens (including phenoxy) is 1. The summed E-state index contributed by atoms with van der Waals surface area (Å²) in [6.07, 6.45) is 1.61. The molecular weight excluding hydrogens is 378 g/mol. The summed E-state index contributed by atoms with van der Waals surface area (Å²) >= 11 is 7.22. The fourth-order valence-electron chi connectivity index (χ4n) is 2.08. The van der Waals surface area contributed by atoms with Gasteiger partial charge in [0.25, 0.3) is 0 Å². The third kappa shape index (κ3) is 5.37. The number of nitrogens with zero attached hydrogens (tertiary/aromatic N) is 4. The summed E-state index contributed by atoms with van der Waals surface area (Å²) < 4.78 is 7.03. The molecule has 0 saturated heterocycles.